The van der Waals surface area contributed by atoms with E-state index in [4.69, 9.17) is 0 Å². The number of aromatic nitrogens is 2. The van der Waals surface area contributed by atoms with E-state index in [1.54, 1.807) is 0 Å². The van der Waals surface area contributed by atoms with E-state index < -0.39 is 0 Å². The molecule has 0 aliphatic heterocycles. The lowest BCUT2D eigenvalue weighted by Crippen LogP contribution is -2.32. The van der Waals surface area contributed by atoms with Crippen LogP contribution < -0.4 is 10.6 Å². The molecule has 0 aromatic carbocycles. The number of thioether (sulfide) groups is 2. The Morgan fingerprint density at radius 2 is 2.09 bits per heavy atom. The van der Waals surface area contributed by atoms with Crippen LogP contribution in [0.3, 0.4) is 0 Å². The van der Waals surface area contributed by atoms with Gasteiger partial charge in [0.1, 0.15) is 0 Å². The minimum Gasteiger partial charge on any atom is -0.355 e. The van der Waals surface area contributed by atoms with E-state index in [0.717, 1.165) is 27.9 Å². The summed E-state index contributed by atoms with van der Waals surface area (Å²) in [6, 6.07) is 0.373. The summed E-state index contributed by atoms with van der Waals surface area (Å²) >= 11 is 4.21. The van der Waals surface area contributed by atoms with E-state index in [2.05, 4.69) is 20.8 Å². The van der Waals surface area contributed by atoms with Crippen LogP contribution in [0.1, 0.15) is 33.1 Å². The maximum Gasteiger partial charge on any atom is 0.233 e. The van der Waals surface area contributed by atoms with E-state index >= 15 is 0 Å². The van der Waals surface area contributed by atoms with Gasteiger partial charge >= 0.3 is 0 Å². The molecular weight excluding hydrogens is 340 g/mol. The smallest absolute Gasteiger partial charge is 0.233 e. The van der Waals surface area contributed by atoms with Crippen molar-refractivity contribution in [2.45, 2.75) is 53.1 Å². The van der Waals surface area contributed by atoms with Crippen LogP contribution in [-0.2, 0) is 9.59 Å². The molecule has 2 N–H and O–H groups in total. The molecule has 1 atom stereocenters. The molecule has 1 saturated carbocycles. The van der Waals surface area contributed by atoms with Crippen LogP contribution in [0.4, 0.5) is 0 Å². The molecule has 0 bridgehead atoms. The van der Waals surface area contributed by atoms with E-state index in [1.165, 1.54) is 34.9 Å². The van der Waals surface area contributed by atoms with Crippen LogP contribution in [0.25, 0.3) is 0 Å². The molecule has 1 heterocycles. The van der Waals surface area contributed by atoms with Crippen molar-refractivity contribution in [1.82, 2.24) is 20.8 Å². The zero-order valence-electron chi connectivity index (χ0n) is 12.6. The monoisotopic (exact) mass is 360 g/mol. The first-order chi connectivity index (χ1) is 10.6. The summed E-state index contributed by atoms with van der Waals surface area (Å²) in [7, 11) is 0. The second kappa shape index (κ2) is 8.73. The Bertz CT molecular complexity index is 519. The fourth-order valence-electron chi connectivity index (χ4n) is 1.50. The fraction of sp³-hybridized carbons (Fsp3) is 0.692. The highest BCUT2D eigenvalue weighted by Crippen LogP contribution is 2.31. The molecule has 1 aromatic rings. The molecule has 1 aromatic heterocycles. The van der Waals surface area contributed by atoms with Gasteiger partial charge in [0.2, 0.25) is 11.8 Å². The van der Waals surface area contributed by atoms with Gasteiger partial charge in [-0.2, -0.15) is 0 Å². The minimum absolute atomic E-state index is 0.00781. The van der Waals surface area contributed by atoms with Gasteiger partial charge in [0.05, 0.1) is 11.0 Å². The molecule has 2 rings (SSSR count). The highest BCUT2D eigenvalue weighted by Gasteiger charge is 2.26. The van der Waals surface area contributed by atoms with Crippen LogP contribution in [-0.4, -0.2) is 45.6 Å². The lowest BCUT2D eigenvalue weighted by atomic mass is 10.4. The Morgan fingerprint density at radius 3 is 2.77 bits per heavy atom. The van der Waals surface area contributed by atoms with Crippen molar-refractivity contribution >= 4 is 46.7 Å². The predicted molar refractivity (Wildman–Crippen MR) is 90.4 cm³/mol. The summed E-state index contributed by atoms with van der Waals surface area (Å²) < 4.78 is 1.51. The fourth-order valence-corrected chi connectivity index (χ4v) is 4.50. The van der Waals surface area contributed by atoms with Gasteiger partial charge in [-0.15, -0.1) is 10.2 Å². The SMILES string of the molecule is CCCNC(=O)CSc1nnc(S[C@@H](C)C(=O)NC2CC2)s1. The first-order valence-electron chi connectivity index (χ1n) is 7.28. The predicted octanol–water partition coefficient (Wildman–Crippen LogP) is 1.92. The van der Waals surface area contributed by atoms with Crippen molar-refractivity contribution in [3.05, 3.63) is 0 Å². The third kappa shape index (κ3) is 6.13. The summed E-state index contributed by atoms with van der Waals surface area (Å²) in [4.78, 5) is 23.4. The van der Waals surface area contributed by atoms with Crippen molar-refractivity contribution in [3.63, 3.8) is 0 Å². The normalized spacial score (nSPS) is 15.4. The molecule has 0 spiro atoms. The van der Waals surface area contributed by atoms with Gasteiger partial charge in [-0.05, 0) is 26.2 Å². The van der Waals surface area contributed by atoms with Gasteiger partial charge in [-0.3, -0.25) is 9.59 Å². The second-order valence-electron chi connectivity index (χ2n) is 5.02. The highest BCUT2D eigenvalue weighted by atomic mass is 32.2. The number of rotatable bonds is 9. The Balaban J connectivity index is 1.73. The molecule has 1 aliphatic rings. The Hall–Kier alpha value is -0.800. The average Bonchev–Trinajstić information content (AvgIpc) is 3.20. The molecule has 122 valence electrons. The molecule has 2 amide bonds. The van der Waals surface area contributed by atoms with Gasteiger partial charge in [0.25, 0.3) is 0 Å². The first-order valence-corrected chi connectivity index (χ1v) is 9.96. The van der Waals surface area contributed by atoms with Crippen molar-refractivity contribution in [2.75, 3.05) is 12.3 Å². The quantitative estimate of drug-likeness (QED) is 0.655. The molecule has 6 nitrogen and oxygen atoms in total. The Labute approximate surface area is 142 Å². The van der Waals surface area contributed by atoms with Crippen LogP contribution >= 0.6 is 34.9 Å². The second-order valence-corrected chi connectivity index (χ2v) is 8.80. The van der Waals surface area contributed by atoms with Crippen molar-refractivity contribution in [2.24, 2.45) is 0 Å². The molecule has 0 radical (unpaired) electrons. The van der Waals surface area contributed by atoms with Gasteiger partial charge < -0.3 is 10.6 Å². The van der Waals surface area contributed by atoms with E-state index in [-0.39, 0.29) is 17.1 Å². The Kier molecular flexibility index (Phi) is 6.97. The van der Waals surface area contributed by atoms with E-state index in [9.17, 15) is 9.59 Å². The van der Waals surface area contributed by atoms with Gasteiger partial charge in [-0.25, -0.2) is 0 Å². The maximum atomic E-state index is 11.9. The molecule has 9 heteroatoms. The standard InChI is InChI=1S/C13H20N4O2S3/c1-3-6-14-10(18)7-20-12-16-17-13(22-12)21-8(2)11(19)15-9-4-5-9/h8-9H,3-7H2,1-2H3,(H,14,18)(H,15,19)/t8-/m0/s1. The maximum absolute atomic E-state index is 11.9. The zero-order valence-corrected chi connectivity index (χ0v) is 15.1. The lowest BCUT2D eigenvalue weighted by Gasteiger charge is -2.08. The number of amides is 2. The molecule has 1 aliphatic carbocycles. The topological polar surface area (TPSA) is 84.0 Å². The van der Waals surface area contributed by atoms with Crippen LogP contribution in [0, 0.1) is 0 Å². The average molecular weight is 361 g/mol. The van der Waals surface area contributed by atoms with Crippen molar-refractivity contribution < 1.29 is 9.59 Å². The van der Waals surface area contributed by atoms with Gasteiger partial charge in [0, 0.05) is 12.6 Å². The summed E-state index contributed by atoms with van der Waals surface area (Å²) in [6.45, 7) is 4.58. The van der Waals surface area contributed by atoms with Crippen LogP contribution in [0.15, 0.2) is 8.68 Å². The van der Waals surface area contributed by atoms with Gasteiger partial charge in [0.15, 0.2) is 8.68 Å². The molecule has 22 heavy (non-hydrogen) atoms. The summed E-state index contributed by atoms with van der Waals surface area (Å²) in [6.07, 6.45) is 3.10. The lowest BCUT2D eigenvalue weighted by molar-refractivity contribution is -0.120. The number of hydrogen-bond donors (Lipinski definition) is 2. The largest absolute Gasteiger partial charge is 0.355 e. The van der Waals surface area contributed by atoms with E-state index in [1.807, 2.05) is 13.8 Å². The van der Waals surface area contributed by atoms with Crippen LogP contribution in [0.5, 0.6) is 0 Å². The van der Waals surface area contributed by atoms with Crippen molar-refractivity contribution in [1.29, 1.82) is 0 Å². The third-order valence-corrected chi connectivity index (χ3v) is 6.10. The van der Waals surface area contributed by atoms with Crippen molar-refractivity contribution in [3.8, 4) is 0 Å². The first kappa shape index (κ1) is 17.6. The molecule has 0 unspecified atom stereocenters. The summed E-state index contributed by atoms with van der Waals surface area (Å²) in [5, 5.41) is 13.7. The number of carbonyl (C=O) groups is 2. The van der Waals surface area contributed by atoms with Gasteiger partial charge in [-0.1, -0.05) is 41.8 Å². The summed E-state index contributed by atoms with van der Waals surface area (Å²) in [5.41, 5.74) is 0. The number of carbonyl (C=O) groups excluding carboxylic acids is 2. The Morgan fingerprint density at radius 1 is 1.36 bits per heavy atom. The molecular formula is C13H20N4O2S3. The minimum atomic E-state index is -0.181. The number of nitrogens with zero attached hydrogens (tertiary/aromatic N) is 2. The zero-order chi connectivity index (χ0) is 15.9. The number of nitrogens with one attached hydrogen (secondary N) is 2. The van der Waals surface area contributed by atoms with E-state index in [0.29, 0.717) is 18.3 Å². The van der Waals surface area contributed by atoms with Crippen LogP contribution in [0.2, 0.25) is 0 Å². The molecule has 0 saturated heterocycles. The summed E-state index contributed by atoms with van der Waals surface area (Å²) in [5.74, 6) is 0.404. The third-order valence-electron chi connectivity index (χ3n) is 2.86. The highest BCUT2D eigenvalue weighted by molar-refractivity contribution is 8.04. The molecule has 1 fully saturated rings. The number of hydrogen-bond acceptors (Lipinski definition) is 7.